The average molecular weight is 356 g/mol. The standard InChI is InChI=1S/C18H20N4O4/c23-16-5-8-22(17(24)20-16)13-2-1-12-9-14(19-15(12)10-13)11-3-6-21(7-4-11)18(25)26/h1-2,9-11,19H,3-8H2,(H,25,26)(H,20,23,24). The number of imide groups is 1. The molecule has 2 aliphatic heterocycles. The van der Waals surface area contributed by atoms with E-state index in [9.17, 15) is 14.4 Å². The summed E-state index contributed by atoms with van der Waals surface area (Å²) in [6.45, 7) is 1.46. The summed E-state index contributed by atoms with van der Waals surface area (Å²) in [4.78, 5) is 40.8. The molecular formula is C18H20N4O4. The molecule has 8 nitrogen and oxygen atoms in total. The van der Waals surface area contributed by atoms with Crippen LogP contribution in [-0.4, -0.2) is 52.7 Å². The second-order valence-corrected chi connectivity index (χ2v) is 6.80. The summed E-state index contributed by atoms with van der Waals surface area (Å²) in [6, 6.07) is 7.46. The number of aromatic amines is 1. The van der Waals surface area contributed by atoms with Crippen molar-refractivity contribution in [1.82, 2.24) is 15.2 Å². The Bertz CT molecular complexity index is 882. The Hall–Kier alpha value is -3.03. The number of carbonyl (C=O) groups excluding carboxylic acids is 2. The highest BCUT2D eigenvalue weighted by atomic mass is 16.4. The van der Waals surface area contributed by atoms with Gasteiger partial charge >= 0.3 is 12.1 Å². The van der Waals surface area contributed by atoms with Crippen LogP contribution in [0.2, 0.25) is 0 Å². The van der Waals surface area contributed by atoms with Gasteiger partial charge < -0.3 is 15.0 Å². The van der Waals surface area contributed by atoms with E-state index in [0.29, 0.717) is 32.0 Å². The highest BCUT2D eigenvalue weighted by Gasteiger charge is 2.26. The predicted octanol–water partition coefficient (Wildman–Crippen LogP) is 2.47. The number of likely N-dealkylation sites (tertiary alicyclic amines) is 1. The maximum atomic E-state index is 12.0. The number of urea groups is 1. The van der Waals surface area contributed by atoms with Crippen molar-refractivity contribution in [2.45, 2.75) is 25.2 Å². The number of nitrogens with zero attached hydrogens (tertiary/aromatic N) is 2. The van der Waals surface area contributed by atoms with E-state index in [0.717, 1.165) is 35.1 Å². The number of aromatic nitrogens is 1. The molecule has 1 aromatic carbocycles. The van der Waals surface area contributed by atoms with Crippen LogP contribution in [0.3, 0.4) is 0 Å². The molecule has 0 unspecified atom stereocenters. The van der Waals surface area contributed by atoms with Gasteiger partial charge in [0, 0.05) is 48.9 Å². The summed E-state index contributed by atoms with van der Waals surface area (Å²) in [6.07, 6.45) is 1.02. The van der Waals surface area contributed by atoms with Crippen molar-refractivity contribution in [1.29, 1.82) is 0 Å². The molecule has 0 radical (unpaired) electrons. The largest absolute Gasteiger partial charge is 0.465 e. The Morgan fingerprint density at radius 2 is 1.88 bits per heavy atom. The van der Waals surface area contributed by atoms with Crippen LogP contribution in [0.5, 0.6) is 0 Å². The van der Waals surface area contributed by atoms with E-state index >= 15 is 0 Å². The van der Waals surface area contributed by atoms with E-state index < -0.39 is 12.1 Å². The summed E-state index contributed by atoms with van der Waals surface area (Å²) in [5.41, 5.74) is 2.78. The van der Waals surface area contributed by atoms with Gasteiger partial charge in [0.05, 0.1) is 0 Å². The molecule has 0 bridgehead atoms. The Morgan fingerprint density at radius 1 is 1.12 bits per heavy atom. The average Bonchev–Trinajstić information content (AvgIpc) is 3.05. The molecule has 8 heteroatoms. The van der Waals surface area contributed by atoms with Gasteiger partial charge in [0.15, 0.2) is 0 Å². The quantitative estimate of drug-likeness (QED) is 0.768. The van der Waals surface area contributed by atoms with E-state index in [-0.39, 0.29) is 5.91 Å². The number of piperidine rings is 1. The zero-order valence-corrected chi connectivity index (χ0v) is 14.2. The molecule has 2 aromatic rings. The van der Waals surface area contributed by atoms with Crippen LogP contribution in [0.1, 0.15) is 30.9 Å². The first-order valence-electron chi connectivity index (χ1n) is 8.73. The van der Waals surface area contributed by atoms with Gasteiger partial charge in [-0.25, -0.2) is 9.59 Å². The van der Waals surface area contributed by atoms with Crippen molar-refractivity contribution in [3.05, 3.63) is 30.0 Å². The van der Waals surface area contributed by atoms with E-state index in [1.165, 1.54) is 4.90 Å². The summed E-state index contributed by atoms with van der Waals surface area (Å²) >= 11 is 0. The Balaban J connectivity index is 1.54. The molecule has 1 aromatic heterocycles. The first-order chi connectivity index (χ1) is 12.5. The number of hydrogen-bond acceptors (Lipinski definition) is 3. The number of amides is 4. The van der Waals surface area contributed by atoms with Crippen molar-refractivity contribution in [3.63, 3.8) is 0 Å². The highest BCUT2D eigenvalue weighted by molar-refractivity contribution is 6.06. The molecule has 0 saturated carbocycles. The molecule has 0 atom stereocenters. The smallest absolute Gasteiger partial charge is 0.407 e. The van der Waals surface area contributed by atoms with Crippen LogP contribution in [0.25, 0.3) is 10.9 Å². The number of anilines is 1. The molecule has 4 amide bonds. The zero-order valence-electron chi connectivity index (χ0n) is 14.2. The maximum Gasteiger partial charge on any atom is 0.407 e. The molecule has 3 heterocycles. The van der Waals surface area contributed by atoms with Gasteiger partial charge in [-0.2, -0.15) is 0 Å². The maximum absolute atomic E-state index is 12.0. The fourth-order valence-corrected chi connectivity index (χ4v) is 3.72. The van der Waals surface area contributed by atoms with Gasteiger partial charge in [-0.3, -0.25) is 15.0 Å². The Kier molecular flexibility index (Phi) is 4.02. The van der Waals surface area contributed by atoms with E-state index in [1.54, 1.807) is 4.90 Å². The molecule has 4 rings (SSSR count). The lowest BCUT2D eigenvalue weighted by atomic mass is 9.94. The van der Waals surface area contributed by atoms with Crippen LogP contribution in [-0.2, 0) is 4.79 Å². The number of nitrogens with one attached hydrogen (secondary N) is 2. The minimum Gasteiger partial charge on any atom is -0.465 e. The van der Waals surface area contributed by atoms with Crippen molar-refractivity contribution >= 4 is 34.6 Å². The molecule has 2 fully saturated rings. The van der Waals surface area contributed by atoms with Crippen LogP contribution in [0.4, 0.5) is 15.3 Å². The number of H-pyrrole nitrogens is 1. The molecular weight excluding hydrogens is 336 g/mol. The zero-order chi connectivity index (χ0) is 18.3. The second-order valence-electron chi connectivity index (χ2n) is 6.80. The van der Waals surface area contributed by atoms with E-state index in [2.05, 4.69) is 16.4 Å². The van der Waals surface area contributed by atoms with Crippen LogP contribution >= 0.6 is 0 Å². The number of benzene rings is 1. The molecule has 3 N–H and O–H groups in total. The normalized spacial score (nSPS) is 19.1. The number of rotatable bonds is 2. The van der Waals surface area contributed by atoms with Crippen molar-refractivity contribution in [2.75, 3.05) is 24.5 Å². The SMILES string of the molecule is O=C1CCN(c2ccc3cc(C4CCN(C(=O)O)CC4)[nH]c3c2)C(=O)N1. The predicted molar refractivity (Wildman–Crippen MR) is 95.4 cm³/mol. The van der Waals surface area contributed by atoms with Crippen molar-refractivity contribution in [2.24, 2.45) is 0 Å². The molecule has 26 heavy (non-hydrogen) atoms. The van der Waals surface area contributed by atoms with Gasteiger partial charge in [-0.15, -0.1) is 0 Å². The lowest BCUT2D eigenvalue weighted by Gasteiger charge is -2.29. The van der Waals surface area contributed by atoms with Gasteiger partial charge in [0.25, 0.3) is 0 Å². The van der Waals surface area contributed by atoms with E-state index in [4.69, 9.17) is 5.11 Å². The second kappa shape index (κ2) is 6.36. The van der Waals surface area contributed by atoms with Gasteiger partial charge in [-0.1, -0.05) is 6.07 Å². The summed E-state index contributed by atoms with van der Waals surface area (Å²) in [7, 11) is 0. The third-order valence-corrected chi connectivity index (χ3v) is 5.20. The minimum atomic E-state index is -0.858. The number of carboxylic acid groups (broad SMARTS) is 1. The Labute approximate surface area is 149 Å². The third kappa shape index (κ3) is 2.98. The fourth-order valence-electron chi connectivity index (χ4n) is 3.72. The van der Waals surface area contributed by atoms with Gasteiger partial charge in [0.1, 0.15) is 0 Å². The van der Waals surface area contributed by atoms with Crippen LogP contribution in [0.15, 0.2) is 24.3 Å². The lowest BCUT2D eigenvalue weighted by Crippen LogP contribution is -2.49. The van der Waals surface area contributed by atoms with Crippen molar-refractivity contribution < 1.29 is 19.5 Å². The monoisotopic (exact) mass is 356 g/mol. The third-order valence-electron chi connectivity index (χ3n) is 5.20. The van der Waals surface area contributed by atoms with Gasteiger partial charge in [-0.05, 0) is 36.4 Å². The lowest BCUT2D eigenvalue weighted by molar-refractivity contribution is -0.120. The molecule has 2 saturated heterocycles. The fraction of sp³-hybridized carbons (Fsp3) is 0.389. The number of hydrogen-bond donors (Lipinski definition) is 3. The van der Waals surface area contributed by atoms with Gasteiger partial charge in [0.2, 0.25) is 5.91 Å². The molecule has 136 valence electrons. The first kappa shape index (κ1) is 16.4. The molecule has 0 aliphatic carbocycles. The summed E-state index contributed by atoms with van der Waals surface area (Å²) in [5.74, 6) is 0.0551. The highest BCUT2D eigenvalue weighted by Crippen LogP contribution is 2.31. The molecule has 0 spiro atoms. The Morgan fingerprint density at radius 3 is 2.58 bits per heavy atom. The van der Waals surface area contributed by atoms with Crippen LogP contribution < -0.4 is 10.2 Å². The van der Waals surface area contributed by atoms with E-state index in [1.807, 2.05) is 18.2 Å². The van der Waals surface area contributed by atoms with Crippen molar-refractivity contribution in [3.8, 4) is 0 Å². The molecule has 2 aliphatic rings. The van der Waals surface area contributed by atoms with Crippen LogP contribution in [0, 0.1) is 0 Å². The summed E-state index contributed by atoms with van der Waals surface area (Å²) < 4.78 is 0. The number of fused-ring (bicyclic) bond motifs is 1. The number of carbonyl (C=O) groups is 3. The minimum absolute atomic E-state index is 0.248. The summed E-state index contributed by atoms with van der Waals surface area (Å²) in [5, 5.41) is 12.4. The topological polar surface area (TPSA) is 106 Å². The first-order valence-corrected chi connectivity index (χ1v) is 8.73.